The van der Waals surface area contributed by atoms with Crippen molar-refractivity contribution in [1.82, 2.24) is 9.62 Å². The molecule has 0 aromatic heterocycles. The van der Waals surface area contributed by atoms with Gasteiger partial charge in [-0.1, -0.05) is 12.1 Å². The zero-order valence-electron chi connectivity index (χ0n) is 13.2. The van der Waals surface area contributed by atoms with E-state index in [0.29, 0.717) is 0 Å². The van der Waals surface area contributed by atoms with Crippen molar-refractivity contribution in [3.63, 3.8) is 0 Å². The molecule has 0 unspecified atom stereocenters. The lowest BCUT2D eigenvalue weighted by Gasteiger charge is -2.17. The number of rotatable bonds is 10. The maximum atomic E-state index is 12.4. The Morgan fingerprint density at radius 2 is 1.96 bits per heavy atom. The maximum absolute atomic E-state index is 12.4. The molecule has 2 N–H and O–H groups in total. The van der Waals surface area contributed by atoms with E-state index in [0.717, 1.165) is 16.4 Å². The molecule has 25 heavy (non-hydrogen) atoms. The minimum absolute atomic E-state index is 0.0778. The maximum Gasteiger partial charge on any atom is 0.329 e. The number of ether oxygens (including phenoxy) is 1. The molecule has 0 spiro atoms. The summed E-state index contributed by atoms with van der Waals surface area (Å²) in [5, 5.41) is 21.7. The van der Waals surface area contributed by atoms with Gasteiger partial charge in [-0.25, -0.2) is 13.2 Å². The molecule has 0 atom stereocenters. The number of carbonyl (C=O) groups is 2. The third kappa shape index (κ3) is 6.10. The topological polar surface area (TPSA) is 156 Å². The smallest absolute Gasteiger partial charge is 0.329 e. The van der Waals surface area contributed by atoms with E-state index >= 15 is 0 Å². The number of sulfonamides is 1. The second kappa shape index (κ2) is 9.05. The van der Waals surface area contributed by atoms with E-state index in [9.17, 15) is 28.1 Å². The van der Waals surface area contributed by atoms with Crippen molar-refractivity contribution in [1.29, 1.82) is 0 Å². The van der Waals surface area contributed by atoms with Gasteiger partial charge in [0.2, 0.25) is 15.9 Å². The van der Waals surface area contributed by atoms with Crippen LogP contribution in [0.15, 0.2) is 29.2 Å². The first-order valence-electron chi connectivity index (χ1n) is 6.92. The number of aliphatic carboxylic acids is 1. The van der Waals surface area contributed by atoms with Gasteiger partial charge in [-0.05, 0) is 6.07 Å². The number of para-hydroxylation sites is 1. The van der Waals surface area contributed by atoms with Gasteiger partial charge in [0.15, 0.2) is 4.90 Å². The van der Waals surface area contributed by atoms with Gasteiger partial charge in [-0.2, -0.15) is 4.31 Å². The number of carboxylic acids is 1. The zero-order chi connectivity index (χ0) is 19.0. The normalized spacial score (nSPS) is 11.3. The Balaban J connectivity index is 2.62. The molecule has 138 valence electrons. The molecule has 1 aromatic carbocycles. The highest BCUT2D eigenvalue weighted by Gasteiger charge is 2.28. The fourth-order valence-electron chi connectivity index (χ4n) is 1.75. The molecular formula is C13H17N3O8S. The molecule has 0 heterocycles. The van der Waals surface area contributed by atoms with Crippen LogP contribution in [0.4, 0.5) is 5.69 Å². The molecule has 0 aliphatic carbocycles. The Morgan fingerprint density at radius 1 is 1.32 bits per heavy atom. The van der Waals surface area contributed by atoms with Gasteiger partial charge in [0, 0.05) is 26.2 Å². The third-order valence-electron chi connectivity index (χ3n) is 2.96. The van der Waals surface area contributed by atoms with Crippen LogP contribution in [0, 0.1) is 10.1 Å². The molecule has 0 saturated carbocycles. The Labute approximate surface area is 143 Å². The number of hydrogen-bond acceptors (Lipinski definition) is 7. The first-order chi connectivity index (χ1) is 11.7. The van der Waals surface area contributed by atoms with E-state index in [1.54, 1.807) is 0 Å². The minimum atomic E-state index is -4.11. The van der Waals surface area contributed by atoms with Crippen molar-refractivity contribution in [2.24, 2.45) is 0 Å². The monoisotopic (exact) mass is 375 g/mol. The van der Waals surface area contributed by atoms with Crippen molar-refractivity contribution in [3.8, 4) is 0 Å². The largest absolute Gasteiger partial charge is 0.480 e. The van der Waals surface area contributed by atoms with Crippen molar-refractivity contribution >= 4 is 27.6 Å². The van der Waals surface area contributed by atoms with E-state index in [-0.39, 0.29) is 13.1 Å². The van der Waals surface area contributed by atoms with Crippen LogP contribution in [0.2, 0.25) is 0 Å². The van der Waals surface area contributed by atoms with Gasteiger partial charge in [-0.15, -0.1) is 0 Å². The van der Waals surface area contributed by atoms with Crippen LogP contribution in [0.25, 0.3) is 0 Å². The summed E-state index contributed by atoms with van der Waals surface area (Å²) in [5.41, 5.74) is -0.541. The summed E-state index contributed by atoms with van der Waals surface area (Å²) in [6, 6.07) is 4.94. The lowest BCUT2D eigenvalue weighted by molar-refractivity contribution is -0.387. The van der Waals surface area contributed by atoms with Crippen LogP contribution in [0.5, 0.6) is 0 Å². The van der Waals surface area contributed by atoms with Crippen molar-refractivity contribution in [3.05, 3.63) is 34.4 Å². The summed E-state index contributed by atoms with van der Waals surface area (Å²) < 4.78 is 30.2. The first kappa shape index (κ1) is 20.5. The molecule has 11 nitrogen and oxygen atoms in total. The average Bonchev–Trinajstić information content (AvgIpc) is 2.54. The van der Waals surface area contributed by atoms with E-state index in [4.69, 9.17) is 5.11 Å². The molecule has 0 fully saturated rings. The summed E-state index contributed by atoms with van der Waals surface area (Å²) in [6.45, 7) is -1.32. The molecule has 0 radical (unpaired) electrons. The summed E-state index contributed by atoms with van der Waals surface area (Å²) in [7, 11) is -2.89. The zero-order valence-corrected chi connectivity index (χ0v) is 14.1. The molecule has 0 saturated heterocycles. The number of amides is 1. The van der Waals surface area contributed by atoms with E-state index in [2.05, 4.69) is 10.1 Å². The SMILES string of the molecule is CN(CCNC(=O)COCC(=O)O)S(=O)(=O)c1ccccc1[N+](=O)[O-]. The van der Waals surface area contributed by atoms with Crippen molar-refractivity contribution in [2.45, 2.75) is 4.90 Å². The lowest BCUT2D eigenvalue weighted by Crippen LogP contribution is -2.37. The second-order valence-electron chi connectivity index (χ2n) is 4.79. The summed E-state index contributed by atoms with van der Waals surface area (Å²) in [5.74, 6) is -1.83. The molecule has 1 amide bonds. The lowest BCUT2D eigenvalue weighted by atomic mass is 10.3. The van der Waals surface area contributed by atoms with E-state index in [1.807, 2.05) is 0 Å². The van der Waals surface area contributed by atoms with Gasteiger partial charge in [0.25, 0.3) is 5.69 Å². The Morgan fingerprint density at radius 3 is 2.56 bits per heavy atom. The molecule has 1 rings (SSSR count). The molecule has 0 bridgehead atoms. The second-order valence-corrected chi connectivity index (χ2v) is 6.80. The van der Waals surface area contributed by atoms with Crippen LogP contribution in [0.1, 0.15) is 0 Å². The Hall–Kier alpha value is -2.57. The van der Waals surface area contributed by atoms with Gasteiger partial charge < -0.3 is 15.2 Å². The van der Waals surface area contributed by atoms with Crippen LogP contribution < -0.4 is 5.32 Å². The number of nitro groups is 1. The predicted octanol–water partition coefficient (Wildman–Crippen LogP) is -0.567. The third-order valence-corrected chi connectivity index (χ3v) is 4.86. The molecular weight excluding hydrogens is 358 g/mol. The highest BCUT2D eigenvalue weighted by Crippen LogP contribution is 2.25. The van der Waals surface area contributed by atoms with Crippen LogP contribution >= 0.6 is 0 Å². The summed E-state index contributed by atoms with van der Waals surface area (Å²) in [6.07, 6.45) is 0. The van der Waals surface area contributed by atoms with Crippen molar-refractivity contribution < 1.29 is 32.8 Å². The van der Waals surface area contributed by atoms with Gasteiger partial charge in [0.05, 0.1) is 4.92 Å². The fourth-order valence-corrected chi connectivity index (χ4v) is 3.07. The Bertz CT molecular complexity index is 749. The van der Waals surface area contributed by atoms with Gasteiger partial charge in [-0.3, -0.25) is 14.9 Å². The number of hydrogen-bond donors (Lipinski definition) is 2. The number of nitrogens with one attached hydrogen (secondary N) is 1. The number of nitro benzene ring substituents is 1. The minimum Gasteiger partial charge on any atom is -0.480 e. The molecule has 0 aliphatic heterocycles. The Kier molecular flexibility index (Phi) is 7.42. The number of carboxylic acid groups (broad SMARTS) is 1. The first-order valence-corrected chi connectivity index (χ1v) is 8.36. The van der Waals surface area contributed by atoms with Crippen molar-refractivity contribution in [2.75, 3.05) is 33.4 Å². The summed E-state index contributed by atoms with van der Waals surface area (Å²) in [4.78, 5) is 31.3. The number of carbonyl (C=O) groups excluding carboxylic acids is 1. The number of nitrogens with zero attached hydrogens (tertiary/aromatic N) is 2. The fraction of sp³-hybridized carbons (Fsp3) is 0.385. The highest BCUT2D eigenvalue weighted by molar-refractivity contribution is 7.89. The standard InChI is InChI=1S/C13H17N3O8S/c1-15(7-6-14-12(17)8-24-9-13(18)19)25(22,23)11-5-3-2-4-10(11)16(20)21/h2-5H,6-9H2,1H3,(H,14,17)(H,18,19). The number of benzene rings is 1. The molecule has 0 aliphatic rings. The van der Waals surface area contributed by atoms with Crippen LogP contribution in [-0.2, 0) is 24.3 Å². The number of likely N-dealkylation sites (N-methyl/N-ethyl adjacent to an activating group) is 1. The highest BCUT2D eigenvalue weighted by atomic mass is 32.2. The molecule has 12 heteroatoms. The van der Waals surface area contributed by atoms with Crippen LogP contribution in [0.3, 0.4) is 0 Å². The van der Waals surface area contributed by atoms with Crippen LogP contribution in [-0.4, -0.2) is 68.0 Å². The van der Waals surface area contributed by atoms with E-state index < -0.39 is 50.6 Å². The van der Waals surface area contributed by atoms with Gasteiger partial charge >= 0.3 is 5.97 Å². The van der Waals surface area contributed by atoms with Gasteiger partial charge in [0.1, 0.15) is 13.2 Å². The molecule has 1 aromatic rings. The quantitative estimate of drug-likeness (QED) is 0.407. The average molecular weight is 375 g/mol. The van der Waals surface area contributed by atoms with E-state index in [1.165, 1.54) is 19.2 Å². The summed E-state index contributed by atoms with van der Waals surface area (Å²) >= 11 is 0. The predicted molar refractivity (Wildman–Crippen MR) is 84.4 cm³/mol.